The van der Waals surface area contributed by atoms with Gasteiger partial charge in [0.1, 0.15) is 0 Å². The molecule has 5 aromatic carbocycles. The van der Waals surface area contributed by atoms with E-state index in [4.69, 9.17) is 4.98 Å². The van der Waals surface area contributed by atoms with Gasteiger partial charge < -0.3 is 9.97 Å². The van der Waals surface area contributed by atoms with E-state index in [-0.39, 0.29) is 25.5 Å². The molecule has 277 valence electrons. The first-order chi connectivity index (χ1) is 26.3. The Morgan fingerprint density at radius 1 is 0.582 bits per heavy atom. The van der Waals surface area contributed by atoms with E-state index in [1.165, 1.54) is 69.3 Å². The molecule has 0 spiro atoms. The molecule has 0 amide bonds. The van der Waals surface area contributed by atoms with Crippen LogP contribution in [0.3, 0.4) is 0 Å². The molecule has 8 rings (SSSR count). The normalized spacial score (nSPS) is 18.0. The Bertz CT molecular complexity index is 2330. The van der Waals surface area contributed by atoms with Crippen LogP contribution in [0.4, 0.5) is 0 Å². The first kappa shape index (κ1) is 38.3. The zero-order valence-electron chi connectivity index (χ0n) is 32.3. The molecule has 2 unspecified atom stereocenters. The molecule has 2 heterocycles. The number of aryl methyl sites for hydroxylation is 3. The fourth-order valence-corrected chi connectivity index (χ4v) is 9.02. The predicted octanol–water partition coefficient (Wildman–Crippen LogP) is 13.2. The summed E-state index contributed by atoms with van der Waals surface area (Å²) in [6, 6.07) is 55.2. The van der Waals surface area contributed by atoms with Gasteiger partial charge in [-0.15, -0.1) is 65.2 Å². The third-order valence-corrected chi connectivity index (χ3v) is 11.4. The quantitative estimate of drug-likeness (QED) is 0.135. The van der Waals surface area contributed by atoms with E-state index < -0.39 is 0 Å². The van der Waals surface area contributed by atoms with Crippen LogP contribution in [-0.2, 0) is 38.4 Å². The van der Waals surface area contributed by atoms with E-state index in [2.05, 4.69) is 160 Å². The summed E-state index contributed by atoms with van der Waals surface area (Å²) in [7, 11) is 0. The summed E-state index contributed by atoms with van der Waals surface area (Å²) in [5.74, 6) is 1.55. The summed E-state index contributed by atoms with van der Waals surface area (Å²) in [5.41, 5.74) is 16.7. The third kappa shape index (κ3) is 8.80. The van der Waals surface area contributed by atoms with Crippen LogP contribution in [0.25, 0.3) is 55.9 Å². The van der Waals surface area contributed by atoms with Gasteiger partial charge in [0.2, 0.25) is 0 Å². The average molecular weight is 893 g/mol. The number of hydrogen-bond donors (Lipinski definition) is 0. The largest absolute Gasteiger partial charge is 0.305 e. The summed E-state index contributed by atoms with van der Waals surface area (Å²) < 4.78 is 0. The molecule has 1 aliphatic rings. The molecular weight excluding hydrogens is 845 g/mol. The second-order valence-corrected chi connectivity index (χ2v) is 16.0. The molecule has 1 aliphatic carbocycles. The van der Waals surface area contributed by atoms with Crippen LogP contribution < -0.4 is 0 Å². The molecule has 0 saturated heterocycles. The Balaban J connectivity index is 0.00000465. The summed E-state index contributed by atoms with van der Waals surface area (Å²) in [6.45, 7) is 9.48. The first-order valence-electron chi connectivity index (χ1n) is 19.5. The van der Waals surface area contributed by atoms with Crippen molar-refractivity contribution in [2.45, 2.75) is 65.2 Å². The molecule has 7 aromatic rings. The molecule has 2 nitrogen and oxygen atoms in total. The molecule has 0 bridgehead atoms. The van der Waals surface area contributed by atoms with Gasteiger partial charge in [-0.1, -0.05) is 129 Å². The van der Waals surface area contributed by atoms with Crippen molar-refractivity contribution >= 4 is 0 Å². The molecule has 1 fully saturated rings. The van der Waals surface area contributed by atoms with Crippen molar-refractivity contribution < 1.29 is 20.1 Å². The van der Waals surface area contributed by atoms with E-state index >= 15 is 0 Å². The molecule has 55 heavy (non-hydrogen) atoms. The van der Waals surface area contributed by atoms with Crippen molar-refractivity contribution in [1.29, 1.82) is 0 Å². The van der Waals surface area contributed by atoms with Crippen LogP contribution in [0.1, 0.15) is 62.3 Å². The van der Waals surface area contributed by atoms with Crippen molar-refractivity contribution in [3.8, 4) is 55.9 Å². The number of pyridine rings is 2. The molecular formula is C52H48IrN2-2. The van der Waals surface area contributed by atoms with E-state index in [0.29, 0.717) is 0 Å². The summed E-state index contributed by atoms with van der Waals surface area (Å²) in [4.78, 5) is 9.23. The number of nitrogens with zero attached hydrogens (tertiary/aromatic N) is 2. The maximum Gasteiger partial charge on any atom is 0.0166 e. The zero-order chi connectivity index (χ0) is 37.1. The van der Waals surface area contributed by atoms with Gasteiger partial charge in [-0.05, 0) is 107 Å². The minimum atomic E-state index is 0. The second kappa shape index (κ2) is 16.8. The third-order valence-electron chi connectivity index (χ3n) is 11.4. The maximum atomic E-state index is 4.76. The number of benzene rings is 5. The van der Waals surface area contributed by atoms with Crippen molar-refractivity contribution in [1.82, 2.24) is 9.97 Å². The Kier molecular flexibility index (Phi) is 11.7. The minimum Gasteiger partial charge on any atom is -0.305 e. The van der Waals surface area contributed by atoms with Gasteiger partial charge in [0, 0.05) is 32.5 Å². The molecule has 1 saturated carbocycles. The molecule has 0 N–H and O–H groups in total. The standard InChI is InChI=1S/C52H48N2.Ir/c1-36-30-40(13-12-39-14-16-43(17-15-39)50-11-7-8-27-53-50)32-46(31-36)49-10-6-5-9-48(49)42-18-20-44(21-19-42)51-33-45(26-28-54-51)41-22-24-47(25-23-41)52(4)34-37(2)29-38(3)35-52;/h5-11,14-16,18-20,22-28,30-33,37-38H,12-13,29,34-35H2,1-4H3;/q-2;. The Labute approximate surface area is 341 Å². The first-order valence-corrected chi connectivity index (χ1v) is 19.5. The molecule has 1 radical (unpaired) electrons. The molecule has 0 aliphatic heterocycles. The van der Waals surface area contributed by atoms with Gasteiger partial charge in [-0.2, -0.15) is 0 Å². The van der Waals surface area contributed by atoms with Crippen molar-refractivity contribution in [3.05, 3.63) is 180 Å². The number of rotatable bonds is 9. The van der Waals surface area contributed by atoms with E-state index in [1.807, 2.05) is 30.6 Å². The van der Waals surface area contributed by atoms with E-state index in [0.717, 1.165) is 52.8 Å². The van der Waals surface area contributed by atoms with Gasteiger partial charge in [0.05, 0.1) is 0 Å². The Hall–Kier alpha value is -4.95. The van der Waals surface area contributed by atoms with E-state index in [9.17, 15) is 0 Å². The molecule has 2 aromatic heterocycles. The SMILES string of the molecule is Cc1cc(CCc2c[c-]c(-c3ccccn3)cc2)cc(-c2ccccc2-c2c[c-]c(-c3cc(-c4ccc(C5(C)CC(C)CC(C)C5)cc4)ccn3)cc2)c1.[Ir]. The van der Waals surface area contributed by atoms with Crippen LogP contribution in [-0.4, -0.2) is 9.97 Å². The monoisotopic (exact) mass is 893 g/mol. The van der Waals surface area contributed by atoms with Crippen LogP contribution in [0.5, 0.6) is 0 Å². The summed E-state index contributed by atoms with van der Waals surface area (Å²) >= 11 is 0. The smallest absolute Gasteiger partial charge is 0.0166 e. The average Bonchev–Trinajstić information content (AvgIpc) is 3.20. The van der Waals surface area contributed by atoms with Gasteiger partial charge >= 0.3 is 0 Å². The minimum absolute atomic E-state index is 0. The number of hydrogen-bond acceptors (Lipinski definition) is 2. The van der Waals surface area contributed by atoms with Crippen LogP contribution in [0.15, 0.2) is 146 Å². The van der Waals surface area contributed by atoms with Gasteiger partial charge in [0.15, 0.2) is 0 Å². The van der Waals surface area contributed by atoms with Crippen LogP contribution >= 0.6 is 0 Å². The Morgan fingerprint density at radius 3 is 1.93 bits per heavy atom. The van der Waals surface area contributed by atoms with Gasteiger partial charge in [-0.3, -0.25) is 0 Å². The van der Waals surface area contributed by atoms with Crippen molar-refractivity contribution in [2.75, 3.05) is 0 Å². The zero-order valence-corrected chi connectivity index (χ0v) is 34.7. The predicted molar refractivity (Wildman–Crippen MR) is 225 cm³/mol. The Morgan fingerprint density at radius 2 is 1.24 bits per heavy atom. The fourth-order valence-electron chi connectivity index (χ4n) is 9.02. The second-order valence-electron chi connectivity index (χ2n) is 16.0. The van der Waals surface area contributed by atoms with E-state index in [1.54, 1.807) is 0 Å². The van der Waals surface area contributed by atoms with Gasteiger partial charge in [-0.25, -0.2) is 0 Å². The number of aromatic nitrogens is 2. The fraction of sp³-hybridized carbons (Fsp3) is 0.231. The maximum absolute atomic E-state index is 4.76. The van der Waals surface area contributed by atoms with Crippen LogP contribution in [0, 0.1) is 30.9 Å². The molecule has 2 atom stereocenters. The van der Waals surface area contributed by atoms with Crippen molar-refractivity contribution in [2.24, 2.45) is 11.8 Å². The summed E-state index contributed by atoms with van der Waals surface area (Å²) in [5, 5.41) is 0. The summed E-state index contributed by atoms with van der Waals surface area (Å²) in [6.07, 6.45) is 9.54. The van der Waals surface area contributed by atoms with Crippen molar-refractivity contribution in [3.63, 3.8) is 0 Å². The van der Waals surface area contributed by atoms with Gasteiger partial charge in [0.25, 0.3) is 0 Å². The topological polar surface area (TPSA) is 25.8 Å². The van der Waals surface area contributed by atoms with Crippen LogP contribution in [0.2, 0.25) is 0 Å². The molecule has 3 heteroatoms.